The number of thiazole rings is 1. The van der Waals surface area contributed by atoms with E-state index in [9.17, 15) is 17.6 Å². The molecule has 0 aliphatic carbocycles. The third kappa shape index (κ3) is 3.62. The van der Waals surface area contributed by atoms with Crippen molar-refractivity contribution in [1.29, 1.82) is 0 Å². The molecule has 0 saturated carbocycles. The van der Waals surface area contributed by atoms with Gasteiger partial charge in [0.15, 0.2) is 4.47 Å². The van der Waals surface area contributed by atoms with Crippen LogP contribution in [0.15, 0.2) is 22.8 Å². The van der Waals surface area contributed by atoms with Crippen LogP contribution in [0.1, 0.15) is 10.4 Å². The number of nitrogens with one attached hydrogen (secondary N) is 1. The molecule has 20 heavy (non-hydrogen) atoms. The van der Waals surface area contributed by atoms with E-state index in [4.69, 9.17) is 11.6 Å². The molecule has 1 aromatic heterocycles. The minimum absolute atomic E-state index is 0.00597. The van der Waals surface area contributed by atoms with Crippen molar-refractivity contribution in [3.05, 3.63) is 43.5 Å². The van der Waals surface area contributed by atoms with Crippen LogP contribution in [0.2, 0.25) is 4.47 Å². The summed E-state index contributed by atoms with van der Waals surface area (Å²) in [6, 6.07) is 1.79. The molecule has 9 heteroatoms. The average Bonchev–Trinajstić information content (AvgIpc) is 2.72. The SMILES string of the molecule is Fc1cc(Br)cc(C(F)(F)F)c1NCc1cnc(Cl)s1. The van der Waals surface area contributed by atoms with E-state index in [1.54, 1.807) is 0 Å². The van der Waals surface area contributed by atoms with Gasteiger partial charge in [-0.15, -0.1) is 11.3 Å². The van der Waals surface area contributed by atoms with Crippen LogP contribution in [-0.4, -0.2) is 4.98 Å². The molecule has 0 aliphatic heterocycles. The second-order valence-corrected chi connectivity index (χ2v) is 6.35. The Kier molecular flexibility index (Phi) is 4.55. The zero-order valence-electron chi connectivity index (χ0n) is 9.56. The standard InChI is InChI=1S/C11H6BrClF4N2S/c12-5-1-7(11(15,16)17)9(8(14)2-5)18-3-6-4-19-10(13)20-6/h1-2,4,18H,3H2. The first kappa shape index (κ1) is 15.5. The molecule has 1 heterocycles. The molecule has 2 aromatic rings. The van der Waals surface area contributed by atoms with E-state index in [1.165, 1.54) is 6.20 Å². The van der Waals surface area contributed by atoms with Crippen molar-refractivity contribution in [3.63, 3.8) is 0 Å². The van der Waals surface area contributed by atoms with E-state index >= 15 is 0 Å². The van der Waals surface area contributed by atoms with Gasteiger partial charge in [0, 0.05) is 15.5 Å². The first-order valence-corrected chi connectivity index (χ1v) is 7.16. The molecule has 0 atom stereocenters. The van der Waals surface area contributed by atoms with E-state index in [1.807, 2.05) is 0 Å². The summed E-state index contributed by atoms with van der Waals surface area (Å²) in [4.78, 5) is 4.36. The molecule has 1 aromatic carbocycles. The van der Waals surface area contributed by atoms with Gasteiger partial charge < -0.3 is 5.32 Å². The van der Waals surface area contributed by atoms with E-state index < -0.39 is 23.2 Å². The Morgan fingerprint density at radius 3 is 2.60 bits per heavy atom. The molecule has 0 bridgehead atoms. The van der Waals surface area contributed by atoms with Gasteiger partial charge in [-0.1, -0.05) is 27.5 Å². The van der Waals surface area contributed by atoms with Gasteiger partial charge in [0.1, 0.15) is 5.82 Å². The molecule has 0 unspecified atom stereocenters. The van der Waals surface area contributed by atoms with Crippen LogP contribution in [0.3, 0.4) is 0 Å². The predicted octanol–water partition coefficient (Wildman–Crippen LogP) is 5.33. The normalized spacial score (nSPS) is 11.7. The Labute approximate surface area is 128 Å². The van der Waals surface area contributed by atoms with Crippen LogP contribution >= 0.6 is 38.9 Å². The predicted molar refractivity (Wildman–Crippen MR) is 73.6 cm³/mol. The molecular formula is C11H6BrClF4N2S. The topological polar surface area (TPSA) is 24.9 Å². The molecule has 0 fully saturated rings. The van der Waals surface area contributed by atoms with Crippen LogP contribution in [0.5, 0.6) is 0 Å². The van der Waals surface area contributed by atoms with Crippen molar-refractivity contribution in [2.45, 2.75) is 12.7 Å². The summed E-state index contributed by atoms with van der Waals surface area (Å²) < 4.78 is 52.7. The highest BCUT2D eigenvalue weighted by atomic mass is 79.9. The van der Waals surface area contributed by atoms with Gasteiger partial charge in [0.05, 0.1) is 17.8 Å². The van der Waals surface area contributed by atoms with Crippen molar-refractivity contribution < 1.29 is 17.6 Å². The van der Waals surface area contributed by atoms with Crippen LogP contribution in [-0.2, 0) is 12.7 Å². The zero-order chi connectivity index (χ0) is 14.9. The highest BCUT2D eigenvalue weighted by molar-refractivity contribution is 9.10. The maximum Gasteiger partial charge on any atom is 0.418 e. The number of hydrogen-bond donors (Lipinski definition) is 1. The van der Waals surface area contributed by atoms with Gasteiger partial charge in [-0.25, -0.2) is 9.37 Å². The van der Waals surface area contributed by atoms with Gasteiger partial charge >= 0.3 is 6.18 Å². The number of anilines is 1. The maximum atomic E-state index is 13.7. The minimum atomic E-state index is -4.65. The van der Waals surface area contributed by atoms with Crippen LogP contribution in [0.4, 0.5) is 23.2 Å². The van der Waals surface area contributed by atoms with Crippen molar-refractivity contribution >= 4 is 44.6 Å². The number of rotatable bonds is 3. The first-order valence-electron chi connectivity index (χ1n) is 5.17. The molecule has 0 saturated heterocycles. The zero-order valence-corrected chi connectivity index (χ0v) is 12.7. The van der Waals surface area contributed by atoms with Gasteiger partial charge in [-0.3, -0.25) is 0 Å². The minimum Gasteiger partial charge on any atom is -0.377 e. The monoisotopic (exact) mass is 388 g/mol. The molecule has 2 nitrogen and oxygen atoms in total. The second-order valence-electron chi connectivity index (χ2n) is 3.74. The smallest absolute Gasteiger partial charge is 0.377 e. The molecular weight excluding hydrogens is 384 g/mol. The van der Waals surface area contributed by atoms with E-state index in [0.29, 0.717) is 4.88 Å². The van der Waals surface area contributed by atoms with Gasteiger partial charge in [-0.05, 0) is 12.1 Å². The van der Waals surface area contributed by atoms with Crippen molar-refractivity contribution in [3.8, 4) is 0 Å². The molecule has 1 N–H and O–H groups in total. The Morgan fingerprint density at radius 1 is 1.35 bits per heavy atom. The fraction of sp³-hybridized carbons (Fsp3) is 0.182. The van der Waals surface area contributed by atoms with Crippen molar-refractivity contribution in [2.24, 2.45) is 0 Å². The summed E-state index contributed by atoms with van der Waals surface area (Å²) in [5, 5.41) is 2.44. The lowest BCUT2D eigenvalue weighted by atomic mass is 10.1. The Morgan fingerprint density at radius 2 is 2.05 bits per heavy atom. The first-order chi connectivity index (χ1) is 9.27. The second kappa shape index (κ2) is 5.87. The molecule has 0 aliphatic rings. The van der Waals surface area contributed by atoms with E-state index in [2.05, 4.69) is 26.2 Å². The molecule has 108 valence electrons. The van der Waals surface area contributed by atoms with Crippen molar-refractivity contribution in [2.75, 3.05) is 5.32 Å². The van der Waals surface area contributed by atoms with Crippen LogP contribution in [0.25, 0.3) is 0 Å². The average molecular weight is 390 g/mol. The lowest BCUT2D eigenvalue weighted by Gasteiger charge is -2.15. The highest BCUT2D eigenvalue weighted by Gasteiger charge is 2.35. The Bertz CT molecular complexity index is 629. The van der Waals surface area contributed by atoms with Crippen molar-refractivity contribution in [1.82, 2.24) is 4.98 Å². The third-order valence-corrected chi connectivity index (χ3v) is 3.90. The Hall–Kier alpha value is -0.860. The van der Waals surface area contributed by atoms with Gasteiger partial charge in [-0.2, -0.15) is 13.2 Å². The number of aromatic nitrogens is 1. The quantitative estimate of drug-likeness (QED) is 0.718. The number of halogens is 6. The summed E-state index contributed by atoms with van der Waals surface area (Å²) in [6.45, 7) is 0.00597. The fourth-order valence-corrected chi connectivity index (χ4v) is 2.87. The Balaban J connectivity index is 2.30. The number of hydrogen-bond acceptors (Lipinski definition) is 3. The van der Waals surface area contributed by atoms with Gasteiger partial charge in [0.2, 0.25) is 0 Å². The highest BCUT2D eigenvalue weighted by Crippen LogP contribution is 2.38. The maximum absolute atomic E-state index is 13.7. The van der Waals surface area contributed by atoms with Gasteiger partial charge in [0.25, 0.3) is 0 Å². The molecule has 0 amide bonds. The summed E-state index contributed by atoms with van der Waals surface area (Å²) in [7, 11) is 0. The third-order valence-electron chi connectivity index (χ3n) is 2.33. The number of nitrogens with zero attached hydrogens (tertiary/aromatic N) is 1. The lowest BCUT2D eigenvalue weighted by molar-refractivity contribution is -0.137. The largest absolute Gasteiger partial charge is 0.418 e. The molecule has 2 rings (SSSR count). The molecule has 0 radical (unpaired) electrons. The molecule has 0 spiro atoms. The van der Waals surface area contributed by atoms with E-state index in [0.717, 1.165) is 23.5 Å². The number of alkyl halides is 3. The number of benzene rings is 1. The van der Waals surface area contributed by atoms with Crippen LogP contribution < -0.4 is 5.32 Å². The summed E-state index contributed by atoms with van der Waals surface area (Å²) in [6.07, 6.45) is -3.23. The van der Waals surface area contributed by atoms with Crippen LogP contribution in [0, 0.1) is 5.82 Å². The fourth-order valence-electron chi connectivity index (χ4n) is 1.52. The summed E-state index contributed by atoms with van der Waals surface area (Å²) in [5.74, 6) is -0.984. The summed E-state index contributed by atoms with van der Waals surface area (Å²) in [5.41, 5.74) is -1.66. The lowest BCUT2D eigenvalue weighted by Crippen LogP contribution is -2.12. The van der Waals surface area contributed by atoms with E-state index in [-0.39, 0.29) is 15.5 Å². The summed E-state index contributed by atoms with van der Waals surface area (Å²) >= 11 is 9.57.